The number of hydrogen-bond acceptors (Lipinski definition) is 3. The van der Waals surface area contributed by atoms with Gasteiger partial charge in [-0.15, -0.1) is 0 Å². The number of rotatable bonds is 2. The van der Waals surface area contributed by atoms with E-state index in [0.29, 0.717) is 29.1 Å². The van der Waals surface area contributed by atoms with Crippen LogP contribution in [0.4, 0.5) is 0 Å². The SMILES string of the molecule is CC1C(C(=O)O)CCN1C(=O)c1cc(Cl)cc2cccnc12. The second-order valence-corrected chi connectivity index (χ2v) is 5.94. The maximum Gasteiger partial charge on any atom is 0.308 e. The molecule has 1 saturated heterocycles. The van der Waals surface area contributed by atoms with Crippen LogP contribution in [-0.4, -0.2) is 39.5 Å². The van der Waals surface area contributed by atoms with Gasteiger partial charge in [-0.25, -0.2) is 0 Å². The molecule has 2 atom stereocenters. The third-order valence-corrected chi connectivity index (χ3v) is 4.45. The zero-order valence-corrected chi connectivity index (χ0v) is 12.7. The van der Waals surface area contributed by atoms with Gasteiger partial charge in [-0.05, 0) is 31.5 Å². The first-order chi connectivity index (χ1) is 10.5. The number of fused-ring (bicyclic) bond motifs is 1. The van der Waals surface area contributed by atoms with Gasteiger partial charge >= 0.3 is 5.97 Å². The van der Waals surface area contributed by atoms with Gasteiger partial charge in [0.25, 0.3) is 5.91 Å². The molecule has 0 spiro atoms. The lowest BCUT2D eigenvalue weighted by Gasteiger charge is -2.23. The lowest BCUT2D eigenvalue weighted by molar-refractivity contribution is -0.142. The Morgan fingerprint density at radius 3 is 2.86 bits per heavy atom. The fourth-order valence-corrected chi connectivity index (χ4v) is 3.26. The molecule has 1 aliphatic rings. The summed E-state index contributed by atoms with van der Waals surface area (Å²) in [6, 6.07) is 6.64. The highest BCUT2D eigenvalue weighted by Gasteiger charge is 2.38. The second kappa shape index (κ2) is 5.57. The fourth-order valence-electron chi connectivity index (χ4n) is 3.03. The first kappa shape index (κ1) is 14.8. The number of benzene rings is 1. The molecule has 1 N–H and O–H groups in total. The second-order valence-electron chi connectivity index (χ2n) is 5.50. The number of likely N-dealkylation sites (tertiary alicyclic amines) is 1. The number of aliphatic carboxylic acids is 1. The van der Waals surface area contributed by atoms with Gasteiger partial charge in [-0.2, -0.15) is 0 Å². The van der Waals surface area contributed by atoms with Crippen LogP contribution in [0.3, 0.4) is 0 Å². The molecule has 0 radical (unpaired) electrons. The molecule has 1 aromatic heterocycles. The van der Waals surface area contributed by atoms with Crippen LogP contribution in [0.2, 0.25) is 5.02 Å². The summed E-state index contributed by atoms with van der Waals surface area (Å²) in [5.74, 6) is -1.61. The van der Waals surface area contributed by atoms with Gasteiger partial charge in [-0.1, -0.05) is 17.7 Å². The summed E-state index contributed by atoms with van der Waals surface area (Å²) in [5.41, 5.74) is 1.00. The number of halogens is 1. The summed E-state index contributed by atoms with van der Waals surface area (Å²) >= 11 is 6.10. The smallest absolute Gasteiger partial charge is 0.308 e. The van der Waals surface area contributed by atoms with Crippen LogP contribution in [0.1, 0.15) is 23.7 Å². The molecule has 0 aliphatic carbocycles. The van der Waals surface area contributed by atoms with Gasteiger partial charge < -0.3 is 10.0 Å². The molecule has 2 aromatic rings. The van der Waals surface area contributed by atoms with Crippen molar-refractivity contribution in [3.8, 4) is 0 Å². The molecule has 1 fully saturated rings. The van der Waals surface area contributed by atoms with Gasteiger partial charge in [0.2, 0.25) is 0 Å². The van der Waals surface area contributed by atoms with Crippen molar-refractivity contribution in [2.75, 3.05) is 6.54 Å². The number of pyridine rings is 1. The number of carbonyl (C=O) groups excluding carboxylic acids is 1. The van der Waals surface area contributed by atoms with E-state index in [1.807, 2.05) is 6.07 Å². The first-order valence-corrected chi connectivity index (χ1v) is 7.45. The zero-order chi connectivity index (χ0) is 15.9. The molecule has 5 nitrogen and oxygen atoms in total. The van der Waals surface area contributed by atoms with E-state index in [2.05, 4.69) is 4.98 Å². The number of amides is 1. The number of hydrogen-bond donors (Lipinski definition) is 1. The van der Waals surface area contributed by atoms with Gasteiger partial charge in [0, 0.05) is 29.2 Å². The summed E-state index contributed by atoms with van der Waals surface area (Å²) in [4.78, 5) is 29.9. The molecule has 22 heavy (non-hydrogen) atoms. The van der Waals surface area contributed by atoms with E-state index in [1.165, 1.54) is 0 Å². The van der Waals surface area contributed by atoms with Crippen LogP contribution in [0.5, 0.6) is 0 Å². The largest absolute Gasteiger partial charge is 0.481 e. The number of carboxylic acid groups (broad SMARTS) is 1. The summed E-state index contributed by atoms with van der Waals surface area (Å²) < 4.78 is 0. The molecular formula is C16H15ClN2O3. The third-order valence-electron chi connectivity index (χ3n) is 4.23. The number of aromatic nitrogens is 1. The number of carboxylic acids is 1. The van der Waals surface area contributed by atoms with E-state index in [9.17, 15) is 14.7 Å². The average Bonchev–Trinajstić information content (AvgIpc) is 2.87. The molecule has 0 bridgehead atoms. The van der Waals surface area contributed by atoms with E-state index in [4.69, 9.17) is 11.6 Å². The van der Waals surface area contributed by atoms with Crippen LogP contribution in [0.15, 0.2) is 30.5 Å². The minimum absolute atomic E-state index is 0.220. The Kier molecular flexibility index (Phi) is 3.74. The minimum atomic E-state index is -0.864. The van der Waals surface area contributed by atoms with Crippen LogP contribution in [0.25, 0.3) is 10.9 Å². The fraction of sp³-hybridized carbons (Fsp3) is 0.312. The quantitative estimate of drug-likeness (QED) is 0.924. The summed E-state index contributed by atoms with van der Waals surface area (Å²) in [6.45, 7) is 2.20. The first-order valence-electron chi connectivity index (χ1n) is 7.07. The molecule has 3 rings (SSSR count). The van der Waals surface area contributed by atoms with Crippen molar-refractivity contribution in [3.05, 3.63) is 41.0 Å². The van der Waals surface area contributed by atoms with Gasteiger partial charge in [0.1, 0.15) is 0 Å². The van der Waals surface area contributed by atoms with Crippen molar-refractivity contribution in [1.29, 1.82) is 0 Å². The highest BCUT2D eigenvalue weighted by Crippen LogP contribution is 2.29. The summed E-state index contributed by atoms with van der Waals surface area (Å²) in [7, 11) is 0. The van der Waals surface area contributed by atoms with Gasteiger partial charge in [0.05, 0.1) is 17.0 Å². The molecule has 1 aliphatic heterocycles. The Hall–Kier alpha value is -2.14. The van der Waals surface area contributed by atoms with Crippen LogP contribution >= 0.6 is 11.6 Å². The lowest BCUT2D eigenvalue weighted by Crippen LogP contribution is -2.37. The predicted octanol–water partition coefficient (Wildman–Crippen LogP) is 2.82. The summed E-state index contributed by atoms with van der Waals surface area (Å²) in [6.07, 6.45) is 2.09. The standard InChI is InChI=1S/C16H15ClN2O3/c1-9-12(16(21)22)4-6-19(9)15(20)13-8-11(17)7-10-3-2-5-18-14(10)13/h2-3,5,7-9,12H,4,6H2,1H3,(H,21,22). The third kappa shape index (κ3) is 2.41. The normalized spacial score (nSPS) is 21.3. The molecule has 2 heterocycles. The number of nitrogens with zero attached hydrogens (tertiary/aromatic N) is 2. The van der Waals surface area contributed by atoms with E-state index >= 15 is 0 Å². The lowest BCUT2D eigenvalue weighted by atomic mass is 10.0. The van der Waals surface area contributed by atoms with Crippen molar-refractivity contribution in [3.63, 3.8) is 0 Å². The zero-order valence-electron chi connectivity index (χ0n) is 12.0. The van der Waals surface area contributed by atoms with Crippen molar-refractivity contribution < 1.29 is 14.7 Å². The molecule has 1 aromatic carbocycles. The summed E-state index contributed by atoms with van der Waals surface area (Å²) in [5, 5.41) is 10.5. The molecular weight excluding hydrogens is 304 g/mol. The van der Waals surface area contributed by atoms with Crippen molar-refractivity contribution in [2.24, 2.45) is 5.92 Å². The van der Waals surface area contributed by atoms with Gasteiger partial charge in [0.15, 0.2) is 0 Å². The Morgan fingerprint density at radius 2 is 2.18 bits per heavy atom. The minimum Gasteiger partial charge on any atom is -0.481 e. The van der Waals surface area contributed by atoms with Crippen LogP contribution in [0, 0.1) is 5.92 Å². The monoisotopic (exact) mass is 318 g/mol. The average molecular weight is 319 g/mol. The highest BCUT2D eigenvalue weighted by molar-refractivity contribution is 6.32. The molecule has 114 valence electrons. The van der Waals surface area contributed by atoms with Crippen molar-refractivity contribution in [1.82, 2.24) is 9.88 Å². The predicted molar refractivity (Wildman–Crippen MR) is 83.0 cm³/mol. The Balaban J connectivity index is 2.01. The van der Waals surface area contributed by atoms with E-state index < -0.39 is 11.9 Å². The highest BCUT2D eigenvalue weighted by atomic mass is 35.5. The van der Waals surface area contributed by atoms with Crippen LogP contribution in [-0.2, 0) is 4.79 Å². The molecule has 6 heteroatoms. The number of carbonyl (C=O) groups is 2. The van der Waals surface area contributed by atoms with E-state index in [1.54, 1.807) is 36.2 Å². The molecule has 1 amide bonds. The molecule has 2 unspecified atom stereocenters. The Morgan fingerprint density at radius 1 is 1.41 bits per heavy atom. The molecule has 0 saturated carbocycles. The van der Waals surface area contributed by atoms with E-state index in [-0.39, 0.29) is 11.9 Å². The Bertz CT molecular complexity index is 762. The van der Waals surface area contributed by atoms with E-state index in [0.717, 1.165) is 5.39 Å². The van der Waals surface area contributed by atoms with Crippen LogP contribution < -0.4 is 0 Å². The van der Waals surface area contributed by atoms with Gasteiger partial charge in [-0.3, -0.25) is 14.6 Å². The Labute approximate surface area is 132 Å². The maximum atomic E-state index is 12.8. The maximum absolute atomic E-state index is 12.8. The van der Waals surface area contributed by atoms with Crippen molar-refractivity contribution >= 4 is 34.4 Å². The van der Waals surface area contributed by atoms with Crippen molar-refractivity contribution in [2.45, 2.75) is 19.4 Å². The topological polar surface area (TPSA) is 70.5 Å².